The van der Waals surface area contributed by atoms with Crippen LogP contribution in [-0.4, -0.2) is 41.0 Å². The third-order valence-electron chi connectivity index (χ3n) is 3.59. The Hall–Kier alpha value is -1.75. The van der Waals surface area contributed by atoms with E-state index in [1.807, 2.05) is 0 Å². The van der Waals surface area contributed by atoms with E-state index in [1.54, 1.807) is 11.8 Å². The molecule has 0 radical (unpaired) electrons. The normalized spacial score (nSPS) is 16.4. The van der Waals surface area contributed by atoms with Gasteiger partial charge < -0.3 is 15.3 Å². The number of aromatic hydroxyl groups is 1. The Bertz CT molecular complexity index is 542. The van der Waals surface area contributed by atoms with E-state index in [-0.39, 0.29) is 17.2 Å². The fourth-order valence-corrected chi connectivity index (χ4v) is 2.59. The van der Waals surface area contributed by atoms with Crippen molar-refractivity contribution in [2.45, 2.75) is 32.2 Å². The highest BCUT2D eigenvalue weighted by Crippen LogP contribution is 2.21. The molecule has 1 aliphatic rings. The van der Waals surface area contributed by atoms with Gasteiger partial charge in [-0.2, -0.15) is 0 Å². The van der Waals surface area contributed by atoms with Crippen LogP contribution in [0, 0.1) is 0 Å². The molecule has 21 heavy (non-hydrogen) atoms. The van der Waals surface area contributed by atoms with Crippen LogP contribution in [0.15, 0.2) is 18.2 Å². The van der Waals surface area contributed by atoms with Crippen molar-refractivity contribution in [3.63, 3.8) is 0 Å². The maximum atomic E-state index is 12.2. The molecule has 0 bridgehead atoms. The van der Waals surface area contributed by atoms with Crippen LogP contribution in [0.25, 0.3) is 0 Å². The molecular weight excluding hydrogens is 292 g/mol. The van der Waals surface area contributed by atoms with Gasteiger partial charge in [-0.25, -0.2) is 0 Å². The van der Waals surface area contributed by atoms with Gasteiger partial charge in [0.15, 0.2) is 0 Å². The first-order chi connectivity index (χ1) is 9.99. The number of nitrogens with zero attached hydrogens (tertiary/aromatic N) is 1. The van der Waals surface area contributed by atoms with Crippen LogP contribution in [0.1, 0.15) is 36.5 Å². The van der Waals surface area contributed by atoms with Gasteiger partial charge in [-0.3, -0.25) is 9.59 Å². The lowest BCUT2D eigenvalue weighted by Crippen LogP contribution is -2.48. The van der Waals surface area contributed by atoms with E-state index in [9.17, 15) is 14.7 Å². The minimum Gasteiger partial charge on any atom is -0.507 e. The van der Waals surface area contributed by atoms with Crippen molar-refractivity contribution in [3.8, 4) is 5.75 Å². The van der Waals surface area contributed by atoms with Gasteiger partial charge >= 0.3 is 0 Å². The monoisotopic (exact) mass is 310 g/mol. The minimum absolute atomic E-state index is 0.0702. The van der Waals surface area contributed by atoms with Crippen LogP contribution < -0.4 is 5.32 Å². The van der Waals surface area contributed by atoms with Crippen LogP contribution in [0.3, 0.4) is 0 Å². The summed E-state index contributed by atoms with van der Waals surface area (Å²) >= 11 is 5.82. The van der Waals surface area contributed by atoms with Crippen molar-refractivity contribution in [1.82, 2.24) is 10.2 Å². The fourth-order valence-electron chi connectivity index (χ4n) is 2.41. The molecule has 1 aliphatic heterocycles. The number of carbonyl (C=O) groups excluding carboxylic acids is 2. The molecule has 2 rings (SSSR count). The smallest absolute Gasteiger partial charge is 0.255 e. The SMILES string of the molecule is CC(NC(=O)c1cc(Cl)ccc1O)C(=O)N1CCCCC1. The summed E-state index contributed by atoms with van der Waals surface area (Å²) in [6, 6.07) is 3.60. The lowest BCUT2D eigenvalue weighted by atomic mass is 10.1. The number of likely N-dealkylation sites (tertiary alicyclic amines) is 1. The first-order valence-electron chi connectivity index (χ1n) is 7.07. The van der Waals surface area contributed by atoms with Crippen molar-refractivity contribution in [1.29, 1.82) is 0 Å². The molecule has 0 spiro atoms. The molecule has 1 saturated heterocycles. The lowest BCUT2D eigenvalue weighted by molar-refractivity contribution is -0.133. The van der Waals surface area contributed by atoms with Crippen molar-refractivity contribution in [2.75, 3.05) is 13.1 Å². The highest BCUT2D eigenvalue weighted by atomic mass is 35.5. The molecule has 5 nitrogen and oxygen atoms in total. The van der Waals surface area contributed by atoms with E-state index >= 15 is 0 Å². The molecule has 6 heteroatoms. The number of phenolic OH excluding ortho intramolecular Hbond substituents is 1. The van der Waals surface area contributed by atoms with Crippen LogP contribution in [0.5, 0.6) is 5.75 Å². The Morgan fingerprint density at radius 1 is 1.29 bits per heavy atom. The number of hydrogen-bond acceptors (Lipinski definition) is 3. The van der Waals surface area contributed by atoms with E-state index < -0.39 is 11.9 Å². The second-order valence-corrected chi connectivity index (χ2v) is 5.68. The number of nitrogens with one attached hydrogen (secondary N) is 1. The van der Waals surface area contributed by atoms with Crippen LogP contribution in [-0.2, 0) is 4.79 Å². The molecule has 1 aromatic rings. The lowest BCUT2D eigenvalue weighted by Gasteiger charge is -2.29. The number of amides is 2. The molecular formula is C15H19ClN2O3. The average molecular weight is 311 g/mol. The molecule has 2 amide bonds. The van der Waals surface area contributed by atoms with Crippen molar-refractivity contribution in [3.05, 3.63) is 28.8 Å². The van der Waals surface area contributed by atoms with Crippen LogP contribution >= 0.6 is 11.6 Å². The summed E-state index contributed by atoms with van der Waals surface area (Å²) in [5.74, 6) is -0.757. The summed E-state index contributed by atoms with van der Waals surface area (Å²) in [5.41, 5.74) is 0.0702. The summed E-state index contributed by atoms with van der Waals surface area (Å²) < 4.78 is 0. The second kappa shape index (κ2) is 6.80. The number of carbonyl (C=O) groups is 2. The molecule has 0 aromatic heterocycles. The molecule has 1 fully saturated rings. The van der Waals surface area contributed by atoms with E-state index in [0.717, 1.165) is 32.4 Å². The predicted molar refractivity (Wildman–Crippen MR) is 80.5 cm³/mol. The Morgan fingerprint density at radius 3 is 2.62 bits per heavy atom. The van der Waals surface area contributed by atoms with Gasteiger partial charge in [-0.1, -0.05) is 11.6 Å². The first-order valence-corrected chi connectivity index (χ1v) is 7.45. The number of benzene rings is 1. The van der Waals surface area contributed by atoms with E-state index in [2.05, 4.69) is 5.32 Å². The Kier molecular flexibility index (Phi) is 5.07. The van der Waals surface area contributed by atoms with Gasteiger partial charge in [0.1, 0.15) is 11.8 Å². The largest absolute Gasteiger partial charge is 0.507 e. The maximum absolute atomic E-state index is 12.2. The quantitative estimate of drug-likeness (QED) is 0.899. The number of phenols is 1. The van der Waals surface area contributed by atoms with E-state index in [1.165, 1.54) is 18.2 Å². The average Bonchev–Trinajstić information content (AvgIpc) is 2.49. The van der Waals surface area contributed by atoms with Gasteiger partial charge in [-0.15, -0.1) is 0 Å². The third-order valence-corrected chi connectivity index (χ3v) is 3.82. The van der Waals surface area contributed by atoms with E-state index in [4.69, 9.17) is 11.6 Å². The number of piperidine rings is 1. The zero-order chi connectivity index (χ0) is 15.4. The molecule has 114 valence electrons. The topological polar surface area (TPSA) is 69.6 Å². The molecule has 0 saturated carbocycles. The molecule has 0 aliphatic carbocycles. The summed E-state index contributed by atoms with van der Waals surface area (Å²) in [6.45, 7) is 3.12. The third kappa shape index (κ3) is 3.88. The van der Waals surface area contributed by atoms with Gasteiger partial charge in [0.05, 0.1) is 5.56 Å². The van der Waals surface area contributed by atoms with Gasteiger partial charge in [0.25, 0.3) is 5.91 Å². The second-order valence-electron chi connectivity index (χ2n) is 5.24. The maximum Gasteiger partial charge on any atom is 0.255 e. The van der Waals surface area contributed by atoms with E-state index in [0.29, 0.717) is 5.02 Å². The van der Waals surface area contributed by atoms with Crippen LogP contribution in [0.4, 0.5) is 0 Å². The number of rotatable bonds is 3. The Morgan fingerprint density at radius 2 is 1.95 bits per heavy atom. The van der Waals surface area contributed by atoms with Gasteiger partial charge in [0.2, 0.25) is 5.91 Å². The minimum atomic E-state index is -0.631. The van der Waals surface area contributed by atoms with Crippen molar-refractivity contribution in [2.24, 2.45) is 0 Å². The highest BCUT2D eigenvalue weighted by molar-refractivity contribution is 6.31. The van der Waals surface area contributed by atoms with Crippen LogP contribution in [0.2, 0.25) is 5.02 Å². The summed E-state index contributed by atoms with van der Waals surface area (Å²) in [6.07, 6.45) is 3.14. The van der Waals surface area contributed by atoms with Gasteiger partial charge in [0, 0.05) is 18.1 Å². The Balaban J connectivity index is 2.01. The van der Waals surface area contributed by atoms with Crippen molar-refractivity contribution < 1.29 is 14.7 Å². The molecule has 1 heterocycles. The molecule has 2 N–H and O–H groups in total. The zero-order valence-corrected chi connectivity index (χ0v) is 12.7. The predicted octanol–water partition coefficient (Wildman–Crippen LogP) is 2.18. The Labute approximate surface area is 128 Å². The molecule has 1 unspecified atom stereocenters. The summed E-state index contributed by atoms with van der Waals surface area (Å²) in [7, 11) is 0. The summed E-state index contributed by atoms with van der Waals surface area (Å²) in [5, 5.41) is 12.7. The molecule has 1 aromatic carbocycles. The fraction of sp³-hybridized carbons (Fsp3) is 0.467. The first kappa shape index (κ1) is 15.6. The standard InChI is InChI=1S/C15H19ClN2O3/c1-10(15(21)18-7-3-2-4-8-18)17-14(20)12-9-11(16)5-6-13(12)19/h5-6,9-10,19H,2-4,7-8H2,1H3,(H,17,20). The number of hydrogen-bond donors (Lipinski definition) is 2. The zero-order valence-electron chi connectivity index (χ0n) is 11.9. The number of halogens is 1. The van der Waals surface area contributed by atoms with Gasteiger partial charge in [-0.05, 0) is 44.4 Å². The highest BCUT2D eigenvalue weighted by Gasteiger charge is 2.24. The summed E-state index contributed by atoms with van der Waals surface area (Å²) in [4.78, 5) is 26.1. The van der Waals surface area contributed by atoms with Crippen molar-refractivity contribution >= 4 is 23.4 Å². The molecule has 1 atom stereocenters.